The zero-order valence-corrected chi connectivity index (χ0v) is 16.5. The molecule has 2 amide bonds. The van der Waals surface area contributed by atoms with Crippen LogP contribution in [0.15, 0.2) is 77.7 Å². The molecule has 7 nitrogen and oxygen atoms in total. The lowest BCUT2D eigenvalue weighted by Crippen LogP contribution is -2.15. The maximum atomic E-state index is 12.5. The summed E-state index contributed by atoms with van der Waals surface area (Å²) in [7, 11) is -3.86. The molecule has 0 saturated heterocycles. The van der Waals surface area contributed by atoms with Crippen molar-refractivity contribution in [3.8, 4) is 0 Å². The van der Waals surface area contributed by atoms with Crippen molar-refractivity contribution in [3.05, 3.63) is 88.9 Å². The summed E-state index contributed by atoms with van der Waals surface area (Å²) in [5.74, 6) is -0.995. The third-order valence-electron chi connectivity index (χ3n) is 3.97. The summed E-state index contributed by atoms with van der Waals surface area (Å²) in [5, 5.41) is 2.93. The first-order valence-corrected chi connectivity index (χ1v) is 10.2. The summed E-state index contributed by atoms with van der Waals surface area (Å²) in [5.41, 5.74) is 6.49. The fraction of sp³-hybridized carbons (Fsp3) is 0. The molecule has 0 aliphatic carbocycles. The van der Waals surface area contributed by atoms with Crippen molar-refractivity contribution in [2.24, 2.45) is 5.73 Å². The second kappa shape index (κ2) is 8.34. The zero-order valence-electron chi connectivity index (χ0n) is 14.9. The second-order valence-corrected chi connectivity index (χ2v) is 8.10. The fourth-order valence-corrected chi connectivity index (χ4v) is 3.77. The maximum Gasteiger partial charge on any atom is 0.261 e. The van der Waals surface area contributed by atoms with Gasteiger partial charge in [-0.2, -0.15) is 0 Å². The lowest BCUT2D eigenvalue weighted by molar-refractivity contribution is 0.0998. The molecule has 0 spiro atoms. The van der Waals surface area contributed by atoms with Crippen molar-refractivity contribution in [3.63, 3.8) is 0 Å². The van der Waals surface area contributed by atoms with Crippen LogP contribution < -0.4 is 15.8 Å². The fourth-order valence-electron chi connectivity index (χ4n) is 2.45. The highest BCUT2D eigenvalue weighted by Gasteiger charge is 2.16. The van der Waals surface area contributed by atoms with Crippen molar-refractivity contribution in [1.82, 2.24) is 0 Å². The summed E-state index contributed by atoms with van der Waals surface area (Å²) in [6.45, 7) is 0. The van der Waals surface area contributed by atoms with Crippen LogP contribution in [0.5, 0.6) is 0 Å². The van der Waals surface area contributed by atoms with Gasteiger partial charge in [0.1, 0.15) is 0 Å². The number of amides is 2. The van der Waals surface area contributed by atoms with Gasteiger partial charge in [-0.25, -0.2) is 8.42 Å². The number of nitrogens with one attached hydrogen (secondary N) is 2. The molecular weight excluding hydrogens is 414 g/mol. The van der Waals surface area contributed by atoms with Crippen LogP contribution in [0.1, 0.15) is 20.7 Å². The molecule has 0 heterocycles. The Balaban J connectivity index is 1.72. The van der Waals surface area contributed by atoms with E-state index in [1.165, 1.54) is 36.4 Å². The van der Waals surface area contributed by atoms with Crippen LogP contribution >= 0.6 is 11.6 Å². The number of hydrogen-bond acceptors (Lipinski definition) is 4. The molecule has 3 rings (SSSR count). The quantitative estimate of drug-likeness (QED) is 0.555. The van der Waals surface area contributed by atoms with Crippen LogP contribution in [0.4, 0.5) is 11.4 Å². The Labute approximate surface area is 172 Å². The topological polar surface area (TPSA) is 118 Å². The van der Waals surface area contributed by atoms with E-state index < -0.39 is 21.8 Å². The molecule has 0 atom stereocenters. The van der Waals surface area contributed by atoms with Crippen LogP contribution in [0.2, 0.25) is 5.02 Å². The smallest absolute Gasteiger partial charge is 0.261 e. The summed E-state index contributed by atoms with van der Waals surface area (Å²) in [6, 6.07) is 18.0. The predicted octanol–water partition coefficient (Wildman–Crippen LogP) is 3.49. The van der Waals surface area contributed by atoms with Gasteiger partial charge >= 0.3 is 0 Å². The first-order valence-electron chi connectivity index (χ1n) is 8.35. The van der Waals surface area contributed by atoms with Gasteiger partial charge in [0.2, 0.25) is 5.91 Å². The number of para-hydroxylation sites is 1. The molecule has 0 radical (unpaired) electrons. The van der Waals surface area contributed by atoms with E-state index in [0.29, 0.717) is 11.3 Å². The highest BCUT2D eigenvalue weighted by atomic mass is 35.5. The van der Waals surface area contributed by atoms with E-state index in [2.05, 4.69) is 10.0 Å². The minimum absolute atomic E-state index is 0.0141. The van der Waals surface area contributed by atoms with Crippen molar-refractivity contribution in [2.75, 3.05) is 10.0 Å². The van der Waals surface area contributed by atoms with E-state index in [4.69, 9.17) is 17.3 Å². The van der Waals surface area contributed by atoms with Crippen molar-refractivity contribution in [2.45, 2.75) is 4.90 Å². The minimum atomic E-state index is -3.86. The molecule has 29 heavy (non-hydrogen) atoms. The molecule has 0 aliphatic heterocycles. The van der Waals surface area contributed by atoms with Gasteiger partial charge in [-0.1, -0.05) is 23.7 Å². The number of sulfonamides is 1. The normalized spacial score (nSPS) is 10.9. The van der Waals surface area contributed by atoms with Crippen molar-refractivity contribution >= 4 is 44.8 Å². The third kappa shape index (κ3) is 4.92. The molecular formula is C20H16ClN3O4S. The molecule has 3 aromatic rings. The number of rotatable bonds is 6. The summed E-state index contributed by atoms with van der Waals surface area (Å²) in [4.78, 5) is 23.4. The Bertz CT molecular complexity index is 1160. The van der Waals surface area contributed by atoms with Gasteiger partial charge in [0.05, 0.1) is 15.6 Å². The third-order valence-corrected chi connectivity index (χ3v) is 5.68. The average Bonchev–Trinajstić information content (AvgIpc) is 2.70. The number of carbonyl (C=O) groups excluding carboxylic acids is 2. The minimum Gasteiger partial charge on any atom is -0.366 e. The number of carbonyl (C=O) groups is 2. The van der Waals surface area contributed by atoms with Crippen LogP contribution in [-0.2, 0) is 10.0 Å². The second-order valence-electron chi connectivity index (χ2n) is 6.01. The van der Waals surface area contributed by atoms with E-state index in [1.54, 1.807) is 36.4 Å². The van der Waals surface area contributed by atoms with E-state index in [1.807, 2.05) is 0 Å². The van der Waals surface area contributed by atoms with Crippen LogP contribution in [-0.4, -0.2) is 20.2 Å². The molecule has 0 fully saturated rings. The molecule has 9 heteroatoms. The maximum absolute atomic E-state index is 12.5. The SMILES string of the molecule is NC(=O)c1ccc(NC(=O)c2ccc(S(=O)(=O)Nc3ccccc3Cl)cc2)cc1. The first kappa shape index (κ1) is 20.4. The average molecular weight is 430 g/mol. The van der Waals surface area contributed by atoms with Gasteiger partial charge in [-0.15, -0.1) is 0 Å². The standard InChI is InChI=1S/C20H16ClN3O4S/c21-17-3-1-2-4-18(17)24-29(27,28)16-11-7-14(8-12-16)20(26)23-15-9-5-13(6-10-15)19(22)25/h1-12,24H,(H2,22,25)(H,23,26). The van der Waals surface area contributed by atoms with Gasteiger partial charge in [0.15, 0.2) is 0 Å². The van der Waals surface area contributed by atoms with Gasteiger partial charge < -0.3 is 11.1 Å². The molecule has 0 bridgehead atoms. The Morgan fingerprint density at radius 2 is 1.41 bits per heavy atom. The summed E-state index contributed by atoms with van der Waals surface area (Å²) in [6.07, 6.45) is 0. The lowest BCUT2D eigenvalue weighted by atomic mass is 10.2. The number of nitrogens with two attached hydrogens (primary N) is 1. The van der Waals surface area contributed by atoms with E-state index >= 15 is 0 Å². The summed E-state index contributed by atoms with van der Waals surface area (Å²) < 4.78 is 27.4. The number of anilines is 2. The van der Waals surface area contributed by atoms with Gasteiger partial charge in [0.25, 0.3) is 15.9 Å². The van der Waals surface area contributed by atoms with Crippen LogP contribution in [0.3, 0.4) is 0 Å². The Morgan fingerprint density at radius 1 is 0.828 bits per heavy atom. The number of hydrogen-bond donors (Lipinski definition) is 3. The Hall–Kier alpha value is -3.36. The molecule has 4 N–H and O–H groups in total. The lowest BCUT2D eigenvalue weighted by Gasteiger charge is -2.10. The van der Waals surface area contributed by atoms with Gasteiger partial charge in [-0.05, 0) is 60.7 Å². The summed E-state index contributed by atoms with van der Waals surface area (Å²) >= 11 is 5.98. The Morgan fingerprint density at radius 3 is 2.00 bits per heavy atom. The molecule has 0 saturated carbocycles. The number of halogens is 1. The highest BCUT2D eigenvalue weighted by Crippen LogP contribution is 2.24. The van der Waals surface area contributed by atoms with E-state index in [-0.39, 0.29) is 21.2 Å². The molecule has 3 aromatic carbocycles. The van der Waals surface area contributed by atoms with Gasteiger partial charge in [0, 0.05) is 16.8 Å². The van der Waals surface area contributed by atoms with Gasteiger partial charge in [-0.3, -0.25) is 14.3 Å². The molecule has 0 aromatic heterocycles. The zero-order chi connectivity index (χ0) is 21.0. The van der Waals surface area contributed by atoms with E-state index in [9.17, 15) is 18.0 Å². The molecule has 0 aliphatic rings. The molecule has 0 unspecified atom stereocenters. The first-order chi connectivity index (χ1) is 13.8. The molecule has 148 valence electrons. The highest BCUT2D eigenvalue weighted by molar-refractivity contribution is 7.92. The predicted molar refractivity (Wildman–Crippen MR) is 112 cm³/mol. The Kier molecular flexibility index (Phi) is 5.86. The number of primary amides is 1. The van der Waals surface area contributed by atoms with Crippen LogP contribution in [0.25, 0.3) is 0 Å². The van der Waals surface area contributed by atoms with E-state index in [0.717, 1.165) is 0 Å². The monoisotopic (exact) mass is 429 g/mol. The van der Waals surface area contributed by atoms with Crippen molar-refractivity contribution < 1.29 is 18.0 Å². The number of benzene rings is 3. The van der Waals surface area contributed by atoms with Crippen LogP contribution in [0, 0.1) is 0 Å². The largest absolute Gasteiger partial charge is 0.366 e. The van der Waals surface area contributed by atoms with Crippen molar-refractivity contribution in [1.29, 1.82) is 0 Å².